The highest BCUT2D eigenvalue weighted by Crippen LogP contribution is 2.14. The van der Waals surface area contributed by atoms with Crippen molar-refractivity contribution in [3.63, 3.8) is 0 Å². The second-order valence-electron chi connectivity index (χ2n) is 3.81. The Morgan fingerprint density at radius 1 is 1.05 bits per heavy atom. The average molecular weight is 286 g/mol. The van der Waals surface area contributed by atoms with Gasteiger partial charge < -0.3 is 15.5 Å². The van der Waals surface area contributed by atoms with Gasteiger partial charge in [-0.1, -0.05) is 0 Å². The smallest absolute Gasteiger partial charge is 0.344 e. The molecule has 0 aromatic carbocycles. The van der Waals surface area contributed by atoms with E-state index >= 15 is 0 Å². The third-order valence-corrected chi connectivity index (χ3v) is 2.42. The van der Waals surface area contributed by atoms with E-state index in [9.17, 15) is 9.59 Å². The van der Waals surface area contributed by atoms with Crippen LogP contribution in [-0.4, -0.2) is 37.1 Å². The van der Waals surface area contributed by atoms with Crippen LogP contribution in [0, 0.1) is 0 Å². The molecule has 0 fully saturated rings. The number of anilines is 1. The van der Waals surface area contributed by atoms with Crippen molar-refractivity contribution >= 4 is 17.8 Å². The van der Waals surface area contributed by atoms with E-state index in [1.807, 2.05) is 0 Å². The third-order valence-electron chi connectivity index (χ3n) is 2.42. The SMILES string of the molecule is O=C(O)C(=CNc1ccnc(-c2ccncc2)n1)C(=O)O. The standard InChI is InChI=1S/C13H10N4O4/c18-12(19)9(13(20)21)7-16-10-3-6-15-11(17-10)8-1-4-14-5-2-8/h1-7H,(H,18,19)(H,20,21)(H,15,16,17). The normalized spacial score (nSPS) is 9.71. The summed E-state index contributed by atoms with van der Waals surface area (Å²) in [6, 6.07) is 4.92. The lowest BCUT2D eigenvalue weighted by Crippen LogP contribution is -2.13. The van der Waals surface area contributed by atoms with Gasteiger partial charge in [0.2, 0.25) is 0 Å². The van der Waals surface area contributed by atoms with E-state index in [1.165, 1.54) is 12.3 Å². The van der Waals surface area contributed by atoms with Gasteiger partial charge in [0.1, 0.15) is 5.82 Å². The number of aromatic nitrogens is 3. The predicted molar refractivity (Wildman–Crippen MR) is 72.2 cm³/mol. The van der Waals surface area contributed by atoms with E-state index in [1.54, 1.807) is 24.5 Å². The lowest BCUT2D eigenvalue weighted by atomic mass is 10.2. The molecule has 0 radical (unpaired) electrons. The molecule has 0 bridgehead atoms. The summed E-state index contributed by atoms with van der Waals surface area (Å²) in [7, 11) is 0. The third kappa shape index (κ3) is 3.60. The van der Waals surface area contributed by atoms with E-state index < -0.39 is 17.5 Å². The van der Waals surface area contributed by atoms with Crippen LogP contribution in [0.15, 0.2) is 48.6 Å². The van der Waals surface area contributed by atoms with E-state index in [0.29, 0.717) is 5.82 Å². The summed E-state index contributed by atoms with van der Waals surface area (Å²) in [6.07, 6.45) is 5.51. The van der Waals surface area contributed by atoms with Crippen molar-refractivity contribution < 1.29 is 19.8 Å². The predicted octanol–water partition coefficient (Wildman–Crippen LogP) is 1.00. The molecule has 0 atom stereocenters. The minimum atomic E-state index is -1.54. The first kappa shape index (κ1) is 14.1. The summed E-state index contributed by atoms with van der Waals surface area (Å²) in [4.78, 5) is 33.6. The molecular formula is C13H10N4O4. The molecule has 0 aliphatic rings. The number of carbonyl (C=O) groups is 2. The van der Waals surface area contributed by atoms with Crippen molar-refractivity contribution in [2.45, 2.75) is 0 Å². The summed E-state index contributed by atoms with van der Waals surface area (Å²) in [5, 5.41) is 20.0. The van der Waals surface area contributed by atoms with Gasteiger partial charge in [0.15, 0.2) is 11.4 Å². The van der Waals surface area contributed by atoms with Gasteiger partial charge in [0.05, 0.1) is 0 Å². The zero-order chi connectivity index (χ0) is 15.2. The van der Waals surface area contributed by atoms with E-state index in [-0.39, 0.29) is 5.82 Å². The van der Waals surface area contributed by atoms with Crippen molar-refractivity contribution in [3.8, 4) is 11.4 Å². The first-order valence-electron chi connectivity index (χ1n) is 5.74. The van der Waals surface area contributed by atoms with Gasteiger partial charge in [-0.3, -0.25) is 4.98 Å². The highest BCUT2D eigenvalue weighted by Gasteiger charge is 2.15. The molecule has 106 valence electrons. The van der Waals surface area contributed by atoms with Crippen molar-refractivity contribution in [3.05, 3.63) is 48.6 Å². The molecule has 2 heterocycles. The minimum absolute atomic E-state index is 0.275. The van der Waals surface area contributed by atoms with Crippen LogP contribution in [0.1, 0.15) is 0 Å². The second kappa shape index (κ2) is 6.24. The molecular weight excluding hydrogens is 276 g/mol. The quantitative estimate of drug-likeness (QED) is 0.422. The van der Waals surface area contributed by atoms with Gasteiger partial charge in [-0.25, -0.2) is 19.6 Å². The fourth-order valence-electron chi connectivity index (χ4n) is 1.44. The fourth-order valence-corrected chi connectivity index (χ4v) is 1.44. The number of nitrogens with zero attached hydrogens (tertiary/aromatic N) is 3. The van der Waals surface area contributed by atoms with Gasteiger partial charge in [0, 0.05) is 30.4 Å². The largest absolute Gasteiger partial charge is 0.477 e. The summed E-state index contributed by atoms with van der Waals surface area (Å²) in [5.74, 6) is -2.41. The second-order valence-corrected chi connectivity index (χ2v) is 3.81. The van der Waals surface area contributed by atoms with Gasteiger partial charge in [0.25, 0.3) is 0 Å². The average Bonchev–Trinajstić information content (AvgIpc) is 2.48. The van der Waals surface area contributed by atoms with Gasteiger partial charge in [-0.15, -0.1) is 0 Å². The Morgan fingerprint density at radius 2 is 1.71 bits per heavy atom. The first-order valence-corrected chi connectivity index (χ1v) is 5.74. The monoisotopic (exact) mass is 286 g/mol. The Kier molecular flexibility index (Phi) is 4.20. The van der Waals surface area contributed by atoms with Crippen LogP contribution in [0.4, 0.5) is 5.82 Å². The molecule has 2 aromatic heterocycles. The van der Waals surface area contributed by atoms with Crippen LogP contribution in [0.2, 0.25) is 0 Å². The summed E-state index contributed by atoms with van der Waals surface area (Å²) in [5.41, 5.74) is -0.0617. The van der Waals surface area contributed by atoms with Crippen LogP contribution in [0.3, 0.4) is 0 Å². The highest BCUT2D eigenvalue weighted by molar-refractivity contribution is 6.12. The molecule has 0 aliphatic heterocycles. The first-order chi connectivity index (χ1) is 10.1. The maximum atomic E-state index is 10.7. The van der Waals surface area contributed by atoms with Crippen LogP contribution >= 0.6 is 0 Å². The minimum Gasteiger partial charge on any atom is -0.477 e. The molecule has 0 amide bonds. The molecule has 2 rings (SSSR count). The van der Waals surface area contributed by atoms with E-state index in [2.05, 4.69) is 20.3 Å². The molecule has 8 heteroatoms. The zero-order valence-corrected chi connectivity index (χ0v) is 10.6. The van der Waals surface area contributed by atoms with Crippen LogP contribution in [0.25, 0.3) is 11.4 Å². The van der Waals surface area contributed by atoms with Gasteiger partial charge >= 0.3 is 11.9 Å². The number of hydrogen-bond acceptors (Lipinski definition) is 6. The molecule has 0 unspecified atom stereocenters. The van der Waals surface area contributed by atoms with Crippen molar-refractivity contribution in [1.82, 2.24) is 15.0 Å². The number of carboxylic acid groups (broad SMARTS) is 2. The molecule has 8 nitrogen and oxygen atoms in total. The summed E-state index contributed by atoms with van der Waals surface area (Å²) in [6.45, 7) is 0. The van der Waals surface area contributed by atoms with Crippen molar-refractivity contribution in [2.24, 2.45) is 0 Å². The Bertz CT molecular complexity index is 684. The molecule has 0 aliphatic carbocycles. The number of nitrogens with one attached hydrogen (secondary N) is 1. The zero-order valence-electron chi connectivity index (χ0n) is 10.6. The van der Waals surface area contributed by atoms with E-state index in [0.717, 1.165) is 11.8 Å². The number of carboxylic acids is 2. The highest BCUT2D eigenvalue weighted by atomic mass is 16.4. The topological polar surface area (TPSA) is 125 Å². The summed E-state index contributed by atoms with van der Waals surface area (Å²) >= 11 is 0. The van der Waals surface area contributed by atoms with Crippen LogP contribution in [-0.2, 0) is 9.59 Å². The fraction of sp³-hybridized carbons (Fsp3) is 0. The molecule has 0 spiro atoms. The Labute approximate surface area is 118 Å². The lowest BCUT2D eigenvalue weighted by molar-refractivity contribution is -0.140. The van der Waals surface area contributed by atoms with E-state index in [4.69, 9.17) is 10.2 Å². The molecule has 21 heavy (non-hydrogen) atoms. The van der Waals surface area contributed by atoms with Crippen molar-refractivity contribution in [1.29, 1.82) is 0 Å². The maximum Gasteiger partial charge on any atom is 0.344 e. The van der Waals surface area contributed by atoms with Crippen LogP contribution < -0.4 is 5.32 Å². The lowest BCUT2D eigenvalue weighted by Gasteiger charge is -2.04. The van der Waals surface area contributed by atoms with Gasteiger partial charge in [-0.2, -0.15) is 0 Å². The molecule has 0 saturated carbocycles. The maximum absolute atomic E-state index is 10.7. The molecule has 0 saturated heterocycles. The van der Waals surface area contributed by atoms with Crippen molar-refractivity contribution in [2.75, 3.05) is 5.32 Å². The Hall–Kier alpha value is -3.29. The number of aliphatic carboxylic acids is 2. The van der Waals surface area contributed by atoms with Crippen LogP contribution in [0.5, 0.6) is 0 Å². The summed E-state index contributed by atoms with van der Waals surface area (Å²) < 4.78 is 0. The Morgan fingerprint density at radius 3 is 2.33 bits per heavy atom. The number of pyridine rings is 1. The molecule has 2 aromatic rings. The van der Waals surface area contributed by atoms with Gasteiger partial charge in [-0.05, 0) is 18.2 Å². The molecule has 3 N–H and O–H groups in total. The number of hydrogen-bond donors (Lipinski definition) is 3. The number of rotatable bonds is 5. The Balaban J connectivity index is 2.25.